The van der Waals surface area contributed by atoms with Crippen molar-refractivity contribution in [2.24, 2.45) is 11.7 Å². The third-order valence-electron chi connectivity index (χ3n) is 4.82. The molecule has 25 heavy (non-hydrogen) atoms. The molecule has 2 rings (SSSR count). The molecule has 1 aliphatic heterocycles. The van der Waals surface area contributed by atoms with Crippen LogP contribution < -0.4 is 16.4 Å². The summed E-state index contributed by atoms with van der Waals surface area (Å²) in [6.45, 7) is 8.30. The number of nitrogens with two attached hydrogens (primary N) is 1. The second kappa shape index (κ2) is 8.97. The molecule has 0 spiro atoms. The molecular formula is C19H30N4O2. The van der Waals surface area contributed by atoms with Gasteiger partial charge in [0.15, 0.2) is 0 Å². The fourth-order valence-corrected chi connectivity index (χ4v) is 2.93. The van der Waals surface area contributed by atoms with Crippen LogP contribution in [-0.4, -0.2) is 48.4 Å². The molecule has 0 saturated carbocycles. The van der Waals surface area contributed by atoms with Gasteiger partial charge in [0, 0.05) is 25.7 Å². The molecular weight excluding hydrogens is 316 g/mol. The van der Waals surface area contributed by atoms with Gasteiger partial charge in [-0.2, -0.15) is 0 Å². The number of hydrogen-bond acceptors (Lipinski definition) is 4. The largest absolute Gasteiger partial charge is 0.353 e. The first-order valence-electron chi connectivity index (χ1n) is 8.99. The Hall–Kier alpha value is -1.92. The van der Waals surface area contributed by atoms with E-state index in [0.29, 0.717) is 6.54 Å². The minimum absolute atomic E-state index is 0.0329. The Bertz CT molecular complexity index is 603. The van der Waals surface area contributed by atoms with E-state index in [1.165, 1.54) is 11.1 Å². The Kier molecular flexibility index (Phi) is 6.96. The monoisotopic (exact) mass is 346 g/mol. The summed E-state index contributed by atoms with van der Waals surface area (Å²) in [5, 5.41) is 5.48. The van der Waals surface area contributed by atoms with Gasteiger partial charge in [-0.05, 0) is 30.4 Å². The molecule has 0 bridgehead atoms. The smallest absolute Gasteiger partial charge is 0.239 e. The molecule has 1 unspecified atom stereocenters. The number of amides is 2. The SMILES string of the molecule is CC(C)[C@H](N)C(=O)NCC(=O)NCC(C)N1CCc2ccccc2C1. The highest BCUT2D eigenvalue weighted by atomic mass is 16.2. The van der Waals surface area contributed by atoms with E-state index in [4.69, 9.17) is 5.73 Å². The minimum Gasteiger partial charge on any atom is -0.353 e. The van der Waals surface area contributed by atoms with Gasteiger partial charge in [-0.1, -0.05) is 38.1 Å². The summed E-state index contributed by atoms with van der Waals surface area (Å²) in [6, 6.07) is 8.16. The van der Waals surface area contributed by atoms with E-state index in [2.05, 4.69) is 46.7 Å². The third kappa shape index (κ3) is 5.54. The summed E-state index contributed by atoms with van der Waals surface area (Å²) in [5.41, 5.74) is 8.53. The standard InChI is InChI=1S/C19H30N4O2/c1-13(2)18(20)19(25)22-11-17(24)21-10-14(3)23-9-8-15-6-4-5-7-16(15)12-23/h4-7,13-14,18H,8-12,20H2,1-3H3,(H,21,24)(H,22,25)/t14?,18-/m0/s1. The van der Waals surface area contributed by atoms with E-state index in [0.717, 1.165) is 19.5 Å². The van der Waals surface area contributed by atoms with Crippen LogP contribution in [0.4, 0.5) is 0 Å². The van der Waals surface area contributed by atoms with Crippen molar-refractivity contribution in [3.8, 4) is 0 Å². The van der Waals surface area contributed by atoms with Crippen LogP contribution in [0.3, 0.4) is 0 Å². The lowest BCUT2D eigenvalue weighted by atomic mass is 9.99. The number of benzene rings is 1. The Morgan fingerprint density at radius 2 is 1.84 bits per heavy atom. The number of rotatable bonds is 7. The topological polar surface area (TPSA) is 87.5 Å². The predicted molar refractivity (Wildman–Crippen MR) is 98.9 cm³/mol. The number of carbonyl (C=O) groups is 2. The first kappa shape index (κ1) is 19.4. The summed E-state index contributed by atoms with van der Waals surface area (Å²) in [7, 11) is 0. The van der Waals surface area contributed by atoms with Gasteiger partial charge in [0.05, 0.1) is 12.6 Å². The third-order valence-corrected chi connectivity index (χ3v) is 4.82. The average molecular weight is 346 g/mol. The summed E-state index contributed by atoms with van der Waals surface area (Å²) in [4.78, 5) is 26.1. The van der Waals surface area contributed by atoms with Crippen molar-refractivity contribution < 1.29 is 9.59 Å². The van der Waals surface area contributed by atoms with Gasteiger partial charge in [0.25, 0.3) is 0 Å². The highest BCUT2D eigenvalue weighted by molar-refractivity contribution is 5.87. The molecule has 2 amide bonds. The van der Waals surface area contributed by atoms with Gasteiger partial charge >= 0.3 is 0 Å². The van der Waals surface area contributed by atoms with Crippen molar-refractivity contribution in [1.82, 2.24) is 15.5 Å². The van der Waals surface area contributed by atoms with Crippen LogP contribution >= 0.6 is 0 Å². The number of hydrogen-bond donors (Lipinski definition) is 3. The van der Waals surface area contributed by atoms with Gasteiger partial charge in [-0.15, -0.1) is 0 Å². The molecule has 0 aromatic heterocycles. The number of fused-ring (bicyclic) bond motifs is 1. The summed E-state index contributed by atoms with van der Waals surface area (Å²) in [5.74, 6) is -0.426. The van der Waals surface area contributed by atoms with Gasteiger partial charge in [-0.3, -0.25) is 14.5 Å². The second-order valence-corrected chi connectivity index (χ2v) is 7.13. The molecule has 1 aromatic carbocycles. The van der Waals surface area contributed by atoms with Crippen LogP contribution in [-0.2, 0) is 22.6 Å². The Morgan fingerprint density at radius 1 is 1.16 bits per heavy atom. The van der Waals surface area contributed by atoms with E-state index in [9.17, 15) is 9.59 Å². The molecule has 6 heteroatoms. The average Bonchev–Trinajstić information content (AvgIpc) is 2.62. The molecule has 0 aliphatic carbocycles. The molecule has 1 aliphatic rings. The van der Waals surface area contributed by atoms with Crippen LogP contribution in [0.1, 0.15) is 31.9 Å². The zero-order valence-corrected chi connectivity index (χ0v) is 15.4. The number of nitrogens with zero attached hydrogens (tertiary/aromatic N) is 1. The summed E-state index contributed by atoms with van der Waals surface area (Å²) < 4.78 is 0. The molecule has 138 valence electrons. The fourth-order valence-electron chi connectivity index (χ4n) is 2.93. The van der Waals surface area contributed by atoms with Crippen LogP contribution in [0.25, 0.3) is 0 Å². The Balaban J connectivity index is 1.72. The van der Waals surface area contributed by atoms with E-state index < -0.39 is 6.04 Å². The van der Waals surface area contributed by atoms with Crippen molar-refractivity contribution in [2.45, 2.75) is 45.8 Å². The van der Waals surface area contributed by atoms with E-state index in [1.807, 2.05) is 13.8 Å². The lowest BCUT2D eigenvalue weighted by Gasteiger charge is -2.33. The number of nitrogens with one attached hydrogen (secondary N) is 2. The first-order valence-corrected chi connectivity index (χ1v) is 8.99. The van der Waals surface area contributed by atoms with E-state index in [1.54, 1.807) is 0 Å². The van der Waals surface area contributed by atoms with E-state index in [-0.39, 0.29) is 30.3 Å². The van der Waals surface area contributed by atoms with Crippen LogP contribution in [0.2, 0.25) is 0 Å². The highest BCUT2D eigenvalue weighted by Crippen LogP contribution is 2.19. The fraction of sp³-hybridized carbons (Fsp3) is 0.579. The molecule has 0 saturated heterocycles. The normalized spacial score (nSPS) is 16.8. The van der Waals surface area contributed by atoms with Crippen LogP contribution in [0.15, 0.2) is 24.3 Å². The Morgan fingerprint density at radius 3 is 2.52 bits per heavy atom. The van der Waals surface area contributed by atoms with Gasteiger partial charge < -0.3 is 16.4 Å². The van der Waals surface area contributed by atoms with Gasteiger partial charge in [-0.25, -0.2) is 0 Å². The predicted octanol–water partition coefficient (Wildman–Crippen LogP) is 0.649. The quantitative estimate of drug-likeness (QED) is 0.676. The summed E-state index contributed by atoms with van der Waals surface area (Å²) >= 11 is 0. The molecule has 1 heterocycles. The lowest BCUT2D eigenvalue weighted by molar-refractivity contribution is -0.127. The van der Waals surface area contributed by atoms with Crippen molar-refractivity contribution in [1.29, 1.82) is 0 Å². The molecule has 6 nitrogen and oxygen atoms in total. The van der Waals surface area contributed by atoms with Gasteiger partial charge in [0.2, 0.25) is 11.8 Å². The van der Waals surface area contributed by atoms with E-state index >= 15 is 0 Å². The lowest BCUT2D eigenvalue weighted by Crippen LogP contribution is -2.49. The van der Waals surface area contributed by atoms with Gasteiger partial charge in [0.1, 0.15) is 0 Å². The maximum absolute atomic E-state index is 11.9. The number of carbonyl (C=O) groups excluding carboxylic acids is 2. The van der Waals surface area contributed by atoms with Crippen molar-refractivity contribution in [2.75, 3.05) is 19.6 Å². The second-order valence-electron chi connectivity index (χ2n) is 7.13. The maximum atomic E-state index is 11.9. The molecule has 4 N–H and O–H groups in total. The minimum atomic E-state index is -0.583. The first-order chi connectivity index (χ1) is 11.9. The van der Waals surface area contributed by atoms with Crippen molar-refractivity contribution in [3.63, 3.8) is 0 Å². The van der Waals surface area contributed by atoms with Crippen LogP contribution in [0.5, 0.6) is 0 Å². The zero-order valence-electron chi connectivity index (χ0n) is 15.4. The molecule has 1 aromatic rings. The summed E-state index contributed by atoms with van der Waals surface area (Å²) in [6.07, 6.45) is 1.04. The molecule has 0 fully saturated rings. The Labute approximate surface area is 150 Å². The van der Waals surface area contributed by atoms with Crippen molar-refractivity contribution >= 4 is 11.8 Å². The molecule has 0 radical (unpaired) electrons. The van der Waals surface area contributed by atoms with Crippen LogP contribution in [0, 0.1) is 5.92 Å². The zero-order chi connectivity index (χ0) is 18.4. The molecule has 2 atom stereocenters. The maximum Gasteiger partial charge on any atom is 0.239 e. The highest BCUT2D eigenvalue weighted by Gasteiger charge is 2.21. The van der Waals surface area contributed by atoms with Crippen molar-refractivity contribution in [3.05, 3.63) is 35.4 Å².